The lowest BCUT2D eigenvalue weighted by molar-refractivity contribution is 0.0553. The maximum atomic E-state index is 12.2. The Kier molecular flexibility index (Phi) is 5.58. The van der Waals surface area contributed by atoms with Gasteiger partial charge in [0.05, 0.1) is 25.3 Å². The summed E-state index contributed by atoms with van der Waals surface area (Å²) in [6.45, 7) is 3.81. The monoisotopic (exact) mass is 328 g/mol. The van der Waals surface area contributed by atoms with Crippen LogP contribution in [0.25, 0.3) is 0 Å². The van der Waals surface area contributed by atoms with Crippen molar-refractivity contribution in [1.29, 1.82) is 0 Å². The third-order valence-corrected chi connectivity index (χ3v) is 3.75. The zero-order chi connectivity index (χ0) is 17.7. The van der Waals surface area contributed by atoms with E-state index in [4.69, 9.17) is 14.2 Å². The van der Waals surface area contributed by atoms with E-state index in [0.717, 1.165) is 5.56 Å². The zero-order valence-electron chi connectivity index (χ0n) is 14.2. The molecule has 126 valence electrons. The number of hydrogen-bond acceptors (Lipinski definition) is 5. The van der Waals surface area contributed by atoms with Crippen molar-refractivity contribution in [3.63, 3.8) is 0 Å². The Bertz CT molecular complexity index is 750. The van der Waals surface area contributed by atoms with Crippen LogP contribution in [0.4, 0.5) is 0 Å². The Labute approximate surface area is 141 Å². The van der Waals surface area contributed by atoms with Gasteiger partial charge in [-0.1, -0.05) is 30.3 Å². The van der Waals surface area contributed by atoms with Crippen LogP contribution >= 0.6 is 0 Å². The van der Waals surface area contributed by atoms with E-state index in [9.17, 15) is 9.59 Å². The average Bonchev–Trinajstić information content (AvgIpc) is 2.61. The molecule has 5 nitrogen and oxygen atoms in total. The second-order valence-corrected chi connectivity index (χ2v) is 5.32. The molecule has 0 N–H and O–H groups in total. The zero-order valence-corrected chi connectivity index (χ0v) is 14.2. The van der Waals surface area contributed by atoms with Crippen molar-refractivity contribution in [2.45, 2.75) is 20.5 Å². The van der Waals surface area contributed by atoms with Crippen LogP contribution in [-0.4, -0.2) is 26.2 Å². The molecule has 0 fully saturated rings. The number of carbonyl (C=O) groups is 2. The van der Waals surface area contributed by atoms with Gasteiger partial charge in [0, 0.05) is 5.56 Å². The molecule has 0 amide bonds. The first-order valence-corrected chi connectivity index (χ1v) is 7.47. The Balaban J connectivity index is 2.45. The number of esters is 2. The molecule has 0 aliphatic carbocycles. The lowest BCUT2D eigenvalue weighted by Gasteiger charge is -2.17. The van der Waals surface area contributed by atoms with Crippen LogP contribution in [0.1, 0.15) is 37.4 Å². The molecule has 5 heteroatoms. The molecule has 2 rings (SSSR count). The Morgan fingerprint density at radius 3 is 2.08 bits per heavy atom. The molecular formula is C19H20O5. The Morgan fingerprint density at radius 1 is 0.917 bits per heavy atom. The van der Waals surface area contributed by atoms with Crippen molar-refractivity contribution in [1.82, 2.24) is 0 Å². The summed E-state index contributed by atoms with van der Waals surface area (Å²) in [7, 11) is 2.55. The van der Waals surface area contributed by atoms with Crippen LogP contribution in [0, 0.1) is 13.8 Å². The molecule has 0 aliphatic heterocycles. The van der Waals surface area contributed by atoms with Gasteiger partial charge in [0.15, 0.2) is 0 Å². The fraction of sp³-hybridized carbons (Fsp3) is 0.263. The van der Waals surface area contributed by atoms with E-state index >= 15 is 0 Å². The Hall–Kier alpha value is -2.82. The van der Waals surface area contributed by atoms with E-state index in [2.05, 4.69) is 0 Å². The fourth-order valence-corrected chi connectivity index (χ4v) is 2.49. The van der Waals surface area contributed by atoms with E-state index in [1.54, 1.807) is 19.9 Å². The predicted octanol–water partition coefficient (Wildman–Crippen LogP) is 3.46. The van der Waals surface area contributed by atoms with Crippen molar-refractivity contribution in [2.24, 2.45) is 0 Å². The SMILES string of the molecule is COC(=O)c1c(C)cc(OCc2ccccc2)c(C)c1C(=O)OC. The van der Waals surface area contributed by atoms with Gasteiger partial charge >= 0.3 is 11.9 Å². The van der Waals surface area contributed by atoms with Crippen molar-refractivity contribution >= 4 is 11.9 Å². The normalized spacial score (nSPS) is 10.2. The third-order valence-electron chi connectivity index (χ3n) is 3.75. The average molecular weight is 328 g/mol. The van der Waals surface area contributed by atoms with Gasteiger partial charge in [0.25, 0.3) is 0 Å². The molecule has 0 saturated heterocycles. The van der Waals surface area contributed by atoms with Crippen LogP contribution in [-0.2, 0) is 16.1 Å². The number of rotatable bonds is 5. The van der Waals surface area contributed by atoms with Crippen molar-refractivity contribution in [2.75, 3.05) is 14.2 Å². The standard InChI is InChI=1S/C19H20O5/c1-12-10-15(24-11-14-8-6-5-7-9-14)13(2)17(19(21)23-4)16(12)18(20)22-3/h5-10H,11H2,1-4H3. The maximum absolute atomic E-state index is 12.2. The minimum atomic E-state index is -0.596. The molecular weight excluding hydrogens is 308 g/mol. The first-order valence-electron chi connectivity index (χ1n) is 7.47. The van der Waals surface area contributed by atoms with Gasteiger partial charge in [-0.05, 0) is 31.0 Å². The van der Waals surface area contributed by atoms with E-state index < -0.39 is 11.9 Å². The van der Waals surface area contributed by atoms with E-state index in [1.165, 1.54) is 14.2 Å². The number of benzene rings is 2. The van der Waals surface area contributed by atoms with Crippen molar-refractivity contribution in [3.05, 3.63) is 64.2 Å². The molecule has 0 aromatic heterocycles. The third kappa shape index (κ3) is 3.56. The van der Waals surface area contributed by atoms with Crippen LogP contribution in [0.15, 0.2) is 36.4 Å². The highest BCUT2D eigenvalue weighted by molar-refractivity contribution is 6.05. The summed E-state index contributed by atoms with van der Waals surface area (Å²) in [4.78, 5) is 24.2. The first-order chi connectivity index (χ1) is 11.5. The summed E-state index contributed by atoms with van der Waals surface area (Å²) in [5.41, 5.74) is 2.52. The van der Waals surface area contributed by atoms with Crippen LogP contribution < -0.4 is 4.74 Å². The van der Waals surface area contributed by atoms with Gasteiger partial charge in [-0.2, -0.15) is 0 Å². The van der Waals surface area contributed by atoms with Crippen molar-refractivity contribution in [3.8, 4) is 5.75 Å². The molecule has 2 aromatic rings. The summed E-state index contributed by atoms with van der Waals surface area (Å²) in [5.74, 6) is -0.642. The van der Waals surface area contributed by atoms with E-state index in [1.807, 2.05) is 30.3 Å². The molecule has 2 aromatic carbocycles. The lowest BCUT2D eigenvalue weighted by atomic mass is 9.96. The molecule has 0 bridgehead atoms. The number of carbonyl (C=O) groups excluding carboxylic acids is 2. The fourth-order valence-electron chi connectivity index (χ4n) is 2.49. The summed E-state index contributed by atoms with van der Waals surface area (Å²) in [6, 6.07) is 11.4. The first kappa shape index (κ1) is 17.5. The smallest absolute Gasteiger partial charge is 0.339 e. The van der Waals surface area contributed by atoms with Gasteiger partial charge in [-0.15, -0.1) is 0 Å². The highest BCUT2D eigenvalue weighted by Crippen LogP contribution is 2.30. The molecule has 0 saturated carbocycles. The summed E-state index contributed by atoms with van der Waals surface area (Å²) >= 11 is 0. The predicted molar refractivity (Wildman–Crippen MR) is 89.4 cm³/mol. The molecule has 0 heterocycles. The molecule has 0 radical (unpaired) electrons. The van der Waals surface area contributed by atoms with Gasteiger partial charge < -0.3 is 14.2 Å². The van der Waals surface area contributed by atoms with E-state index in [-0.39, 0.29) is 11.1 Å². The molecule has 0 spiro atoms. The molecule has 0 atom stereocenters. The van der Waals surface area contributed by atoms with Gasteiger partial charge in [-0.3, -0.25) is 0 Å². The molecule has 0 unspecified atom stereocenters. The van der Waals surface area contributed by atoms with Crippen molar-refractivity contribution < 1.29 is 23.8 Å². The summed E-state index contributed by atoms with van der Waals surface area (Å²) in [6.07, 6.45) is 0. The summed E-state index contributed by atoms with van der Waals surface area (Å²) < 4.78 is 15.5. The van der Waals surface area contributed by atoms with Crippen LogP contribution in [0.5, 0.6) is 5.75 Å². The topological polar surface area (TPSA) is 61.8 Å². The quantitative estimate of drug-likeness (QED) is 0.787. The van der Waals surface area contributed by atoms with Gasteiger partial charge in [0.2, 0.25) is 0 Å². The minimum absolute atomic E-state index is 0.174. The highest BCUT2D eigenvalue weighted by atomic mass is 16.5. The summed E-state index contributed by atoms with van der Waals surface area (Å²) in [5, 5.41) is 0. The lowest BCUT2D eigenvalue weighted by Crippen LogP contribution is -2.16. The van der Waals surface area contributed by atoms with Crippen LogP contribution in [0.3, 0.4) is 0 Å². The number of methoxy groups -OCH3 is 2. The van der Waals surface area contributed by atoms with Gasteiger partial charge in [0.1, 0.15) is 12.4 Å². The molecule has 0 aliphatic rings. The number of ether oxygens (including phenoxy) is 3. The maximum Gasteiger partial charge on any atom is 0.339 e. The molecule has 24 heavy (non-hydrogen) atoms. The largest absolute Gasteiger partial charge is 0.489 e. The van der Waals surface area contributed by atoms with Crippen LogP contribution in [0.2, 0.25) is 0 Å². The van der Waals surface area contributed by atoms with Gasteiger partial charge in [-0.25, -0.2) is 9.59 Å². The van der Waals surface area contributed by atoms with E-state index in [0.29, 0.717) is 23.5 Å². The Morgan fingerprint density at radius 2 is 1.50 bits per heavy atom. The number of hydrogen-bond donors (Lipinski definition) is 0. The second-order valence-electron chi connectivity index (χ2n) is 5.32. The highest BCUT2D eigenvalue weighted by Gasteiger charge is 2.25. The second kappa shape index (κ2) is 7.64. The minimum Gasteiger partial charge on any atom is -0.489 e. The number of aryl methyl sites for hydroxylation is 1.